The van der Waals surface area contributed by atoms with Crippen molar-refractivity contribution in [1.82, 2.24) is 25.2 Å². The van der Waals surface area contributed by atoms with E-state index in [9.17, 15) is 4.79 Å². The Balaban J connectivity index is 1.33. The zero-order chi connectivity index (χ0) is 19.8. The molecule has 8 nitrogen and oxygen atoms in total. The van der Waals surface area contributed by atoms with Crippen LogP contribution in [0.15, 0.2) is 28.9 Å². The number of nitrogens with zero attached hydrogens (tertiary/aromatic N) is 4. The van der Waals surface area contributed by atoms with Crippen molar-refractivity contribution in [3.05, 3.63) is 52.7 Å². The van der Waals surface area contributed by atoms with Crippen molar-refractivity contribution in [1.29, 1.82) is 0 Å². The number of aromatic nitrogens is 4. The molecule has 1 N–H and O–H groups in total. The maximum absolute atomic E-state index is 12.9. The second-order valence-electron chi connectivity index (χ2n) is 7.61. The van der Waals surface area contributed by atoms with E-state index in [4.69, 9.17) is 9.26 Å². The summed E-state index contributed by atoms with van der Waals surface area (Å²) < 4.78 is 12.2. The molecule has 0 radical (unpaired) electrons. The Morgan fingerprint density at radius 1 is 1.34 bits per heavy atom. The van der Waals surface area contributed by atoms with Crippen LogP contribution < -0.4 is 5.32 Å². The summed E-state index contributed by atoms with van der Waals surface area (Å²) in [5.41, 5.74) is 5.05. The number of carbonyl (C=O) groups is 1. The molecule has 1 aliphatic heterocycles. The number of hydrogen-bond acceptors (Lipinski definition) is 6. The Kier molecular flexibility index (Phi) is 4.63. The molecule has 2 aliphatic rings. The highest BCUT2D eigenvalue weighted by atomic mass is 16.5. The fourth-order valence-corrected chi connectivity index (χ4v) is 4.31. The quantitative estimate of drug-likeness (QED) is 0.716. The molecule has 0 bridgehead atoms. The Hall–Kier alpha value is -3.00. The van der Waals surface area contributed by atoms with Gasteiger partial charge in [0.05, 0.1) is 23.5 Å². The van der Waals surface area contributed by atoms with E-state index in [2.05, 4.69) is 32.7 Å². The minimum absolute atomic E-state index is 0.0139. The fraction of sp³-hybridized carbons (Fsp3) is 0.429. The minimum atomic E-state index is -0.0301. The average molecular weight is 393 g/mol. The number of aryl methyl sites for hydroxylation is 2. The Morgan fingerprint density at radius 3 is 3.17 bits per heavy atom. The highest BCUT2D eigenvalue weighted by Gasteiger charge is 2.27. The van der Waals surface area contributed by atoms with Crippen LogP contribution in [0.25, 0.3) is 11.4 Å². The van der Waals surface area contributed by atoms with Gasteiger partial charge in [-0.3, -0.25) is 9.48 Å². The van der Waals surface area contributed by atoms with Crippen molar-refractivity contribution >= 4 is 5.91 Å². The van der Waals surface area contributed by atoms with Gasteiger partial charge in [0.15, 0.2) is 0 Å². The lowest BCUT2D eigenvalue weighted by Crippen LogP contribution is -2.28. The van der Waals surface area contributed by atoms with Gasteiger partial charge in [0.2, 0.25) is 5.82 Å². The van der Waals surface area contributed by atoms with Crippen molar-refractivity contribution in [3.8, 4) is 11.4 Å². The van der Waals surface area contributed by atoms with Crippen LogP contribution in [-0.2, 0) is 30.7 Å². The minimum Gasteiger partial charge on any atom is -0.375 e. The fourth-order valence-electron chi connectivity index (χ4n) is 4.31. The third kappa shape index (κ3) is 3.33. The number of hydrogen-bond donors (Lipinski definition) is 1. The first-order valence-electron chi connectivity index (χ1n) is 10.0. The first kappa shape index (κ1) is 18.1. The van der Waals surface area contributed by atoms with Crippen LogP contribution in [-0.4, -0.2) is 32.9 Å². The van der Waals surface area contributed by atoms with Crippen LogP contribution >= 0.6 is 0 Å². The van der Waals surface area contributed by atoms with Crippen LogP contribution in [0.3, 0.4) is 0 Å². The molecule has 150 valence electrons. The molecule has 0 fully saturated rings. The van der Waals surface area contributed by atoms with E-state index in [1.807, 2.05) is 10.7 Å². The molecule has 2 aromatic heterocycles. The molecule has 5 rings (SSSR count). The summed E-state index contributed by atoms with van der Waals surface area (Å²) in [6, 6.07) is 6.14. The number of nitrogens with one attached hydrogen (secondary N) is 1. The molecule has 1 aromatic carbocycles. The zero-order valence-corrected chi connectivity index (χ0v) is 16.4. The van der Waals surface area contributed by atoms with Gasteiger partial charge in [0.1, 0.15) is 6.61 Å². The van der Waals surface area contributed by atoms with E-state index in [-0.39, 0.29) is 11.9 Å². The number of amides is 1. The van der Waals surface area contributed by atoms with Crippen LogP contribution in [0, 0.1) is 0 Å². The molecule has 0 saturated heterocycles. The van der Waals surface area contributed by atoms with Gasteiger partial charge in [-0.05, 0) is 49.3 Å². The molecule has 1 aliphatic carbocycles. The third-order valence-electron chi connectivity index (χ3n) is 5.75. The lowest BCUT2D eigenvalue weighted by atomic mass is 10.0. The molecular weight excluding hydrogens is 370 g/mol. The standard InChI is InChI=1S/C21H23N5O3/c1-28-12-19-24-20(25-29-19)14-5-7-15-13(10-14)6-8-17(15)23-21(27)16-11-22-26-9-3-2-4-18(16)26/h5,7,10-11,17H,2-4,6,8-9,12H2,1H3,(H,23,27)/t17-/m1/s1. The van der Waals surface area contributed by atoms with Gasteiger partial charge >= 0.3 is 0 Å². The highest BCUT2D eigenvalue weighted by Crippen LogP contribution is 2.34. The Bertz CT molecular complexity index is 1050. The van der Waals surface area contributed by atoms with Crippen LogP contribution in [0.4, 0.5) is 0 Å². The maximum Gasteiger partial charge on any atom is 0.255 e. The van der Waals surface area contributed by atoms with Gasteiger partial charge in [0.25, 0.3) is 11.8 Å². The molecule has 3 heterocycles. The van der Waals surface area contributed by atoms with Crippen molar-refractivity contribution in [2.45, 2.75) is 51.3 Å². The van der Waals surface area contributed by atoms with Crippen molar-refractivity contribution in [2.24, 2.45) is 0 Å². The molecule has 1 amide bonds. The van der Waals surface area contributed by atoms with Crippen LogP contribution in [0.5, 0.6) is 0 Å². The topological polar surface area (TPSA) is 95.1 Å². The molecule has 3 aromatic rings. The van der Waals surface area contributed by atoms with Gasteiger partial charge in [-0.15, -0.1) is 0 Å². The predicted molar refractivity (Wildman–Crippen MR) is 104 cm³/mol. The largest absolute Gasteiger partial charge is 0.375 e. The van der Waals surface area contributed by atoms with Crippen molar-refractivity contribution in [3.63, 3.8) is 0 Å². The summed E-state index contributed by atoms with van der Waals surface area (Å²) in [6.45, 7) is 1.20. The number of fused-ring (bicyclic) bond motifs is 2. The summed E-state index contributed by atoms with van der Waals surface area (Å²) in [4.78, 5) is 17.2. The lowest BCUT2D eigenvalue weighted by molar-refractivity contribution is 0.0935. The number of rotatable bonds is 5. The van der Waals surface area contributed by atoms with E-state index >= 15 is 0 Å². The second-order valence-corrected chi connectivity index (χ2v) is 7.61. The monoisotopic (exact) mass is 393 g/mol. The average Bonchev–Trinajstić information content (AvgIpc) is 3.46. The van der Waals surface area contributed by atoms with E-state index in [1.165, 1.54) is 5.56 Å². The number of carbonyl (C=O) groups excluding carboxylic acids is 1. The van der Waals surface area contributed by atoms with Crippen molar-refractivity contribution in [2.75, 3.05) is 7.11 Å². The molecule has 8 heteroatoms. The number of benzene rings is 1. The van der Waals surface area contributed by atoms with Crippen molar-refractivity contribution < 1.29 is 14.1 Å². The summed E-state index contributed by atoms with van der Waals surface area (Å²) in [6.07, 6.45) is 6.66. The zero-order valence-electron chi connectivity index (χ0n) is 16.4. The second kappa shape index (κ2) is 7.44. The molecule has 1 atom stereocenters. The van der Waals surface area contributed by atoms with Gasteiger partial charge in [-0.25, -0.2) is 0 Å². The van der Waals surface area contributed by atoms with E-state index in [1.54, 1.807) is 13.3 Å². The molecular formula is C21H23N5O3. The van der Waals surface area contributed by atoms with E-state index in [0.29, 0.717) is 23.9 Å². The molecule has 29 heavy (non-hydrogen) atoms. The van der Waals surface area contributed by atoms with E-state index in [0.717, 1.165) is 55.5 Å². The normalized spacial score (nSPS) is 17.8. The van der Waals surface area contributed by atoms with Gasteiger partial charge in [-0.2, -0.15) is 10.1 Å². The van der Waals surface area contributed by atoms with Gasteiger partial charge in [-0.1, -0.05) is 17.3 Å². The Labute approximate surface area is 168 Å². The molecule has 0 unspecified atom stereocenters. The predicted octanol–water partition coefficient (Wildman–Crippen LogP) is 2.83. The summed E-state index contributed by atoms with van der Waals surface area (Å²) in [5, 5.41) is 11.6. The van der Waals surface area contributed by atoms with Gasteiger partial charge < -0.3 is 14.6 Å². The maximum atomic E-state index is 12.9. The number of ether oxygens (including phenoxy) is 1. The van der Waals surface area contributed by atoms with E-state index < -0.39 is 0 Å². The first-order valence-corrected chi connectivity index (χ1v) is 10.0. The first-order chi connectivity index (χ1) is 14.2. The van der Waals surface area contributed by atoms with Crippen LogP contribution in [0.2, 0.25) is 0 Å². The molecule has 0 saturated carbocycles. The lowest BCUT2D eigenvalue weighted by Gasteiger charge is -2.17. The number of methoxy groups -OCH3 is 1. The third-order valence-corrected chi connectivity index (χ3v) is 5.75. The summed E-state index contributed by atoms with van der Waals surface area (Å²) in [5.74, 6) is 0.981. The van der Waals surface area contributed by atoms with Crippen LogP contribution in [0.1, 0.15) is 58.4 Å². The summed E-state index contributed by atoms with van der Waals surface area (Å²) >= 11 is 0. The highest BCUT2D eigenvalue weighted by molar-refractivity contribution is 5.95. The SMILES string of the molecule is COCc1nc(-c2ccc3c(c2)CC[C@H]3NC(=O)c2cnn3c2CCCC3)no1. The smallest absolute Gasteiger partial charge is 0.255 e. The molecule has 0 spiro atoms. The van der Waals surface area contributed by atoms with Gasteiger partial charge in [0, 0.05) is 19.2 Å². The summed E-state index contributed by atoms with van der Waals surface area (Å²) in [7, 11) is 1.59. The Morgan fingerprint density at radius 2 is 2.28 bits per heavy atom.